The topological polar surface area (TPSA) is 20.3 Å². The van der Waals surface area contributed by atoms with Crippen LogP contribution >= 0.6 is 0 Å². The molecule has 1 saturated heterocycles. The number of nitrogens with zero attached hydrogens (tertiary/aromatic N) is 1. The molecular formula is C6H13NOS. The molecule has 1 unspecified atom stereocenters. The summed E-state index contributed by atoms with van der Waals surface area (Å²) in [5.74, 6) is 0.883. The maximum absolute atomic E-state index is 11.1. The number of rotatable bonds is 1. The van der Waals surface area contributed by atoms with Gasteiger partial charge >= 0.3 is 0 Å². The third-order valence-corrected chi connectivity index (χ3v) is 3.27. The highest BCUT2D eigenvalue weighted by atomic mass is 32.2. The van der Waals surface area contributed by atoms with Crippen LogP contribution in [0.4, 0.5) is 0 Å². The van der Waals surface area contributed by atoms with Crippen molar-refractivity contribution in [3.8, 4) is 0 Å². The second kappa shape index (κ2) is 3.32. The van der Waals surface area contributed by atoms with Gasteiger partial charge in [0, 0.05) is 18.8 Å². The van der Waals surface area contributed by atoms with Crippen LogP contribution in [0.15, 0.2) is 0 Å². The van der Waals surface area contributed by atoms with Crippen molar-refractivity contribution >= 4 is 11.0 Å². The summed E-state index contributed by atoms with van der Waals surface area (Å²) >= 11 is 0. The van der Waals surface area contributed by atoms with Crippen molar-refractivity contribution in [2.75, 3.05) is 18.8 Å². The van der Waals surface area contributed by atoms with Crippen LogP contribution in [0.5, 0.6) is 0 Å². The normalized spacial score (nSPS) is 30.6. The number of hydrogen-bond donors (Lipinski definition) is 0. The fraction of sp³-hybridized carbons (Fsp3) is 1.00. The van der Waals surface area contributed by atoms with E-state index in [4.69, 9.17) is 0 Å². The Morgan fingerprint density at radius 2 is 2.33 bits per heavy atom. The lowest BCUT2D eigenvalue weighted by Gasteiger charge is -2.23. The van der Waals surface area contributed by atoms with Crippen LogP contribution in [-0.2, 0) is 11.0 Å². The lowest BCUT2D eigenvalue weighted by molar-refractivity contribution is 0.433. The van der Waals surface area contributed by atoms with Gasteiger partial charge in [0.2, 0.25) is 0 Å². The summed E-state index contributed by atoms with van der Waals surface area (Å²) in [4.78, 5) is 0. The molecule has 0 bridgehead atoms. The third kappa shape index (κ3) is 1.76. The Kier molecular flexibility index (Phi) is 2.66. The monoisotopic (exact) mass is 147 g/mol. The van der Waals surface area contributed by atoms with Crippen LogP contribution in [0.3, 0.4) is 0 Å². The van der Waals surface area contributed by atoms with E-state index in [0.717, 1.165) is 25.3 Å². The third-order valence-electron chi connectivity index (χ3n) is 1.62. The van der Waals surface area contributed by atoms with E-state index in [9.17, 15) is 4.21 Å². The molecule has 0 aromatic rings. The fourth-order valence-electron chi connectivity index (χ4n) is 1.05. The van der Waals surface area contributed by atoms with Crippen LogP contribution in [0, 0.1) is 0 Å². The van der Waals surface area contributed by atoms with Gasteiger partial charge in [0.25, 0.3) is 0 Å². The number of hydrogen-bond acceptors (Lipinski definition) is 1. The van der Waals surface area contributed by atoms with Crippen molar-refractivity contribution in [1.29, 1.82) is 0 Å². The Balaban J connectivity index is 2.39. The molecule has 0 saturated carbocycles. The van der Waals surface area contributed by atoms with Crippen molar-refractivity contribution < 1.29 is 4.21 Å². The second-order valence-corrected chi connectivity index (χ2v) is 3.82. The maximum atomic E-state index is 11.1. The van der Waals surface area contributed by atoms with Crippen LogP contribution in [-0.4, -0.2) is 27.4 Å². The Hall–Kier alpha value is 0.110. The average Bonchev–Trinajstić information content (AvgIpc) is 1.89. The molecule has 0 spiro atoms. The van der Waals surface area contributed by atoms with E-state index in [-0.39, 0.29) is 0 Å². The van der Waals surface area contributed by atoms with Crippen molar-refractivity contribution in [2.24, 2.45) is 0 Å². The smallest absolute Gasteiger partial charge is 0.0942 e. The Labute approximate surface area is 58.8 Å². The van der Waals surface area contributed by atoms with Crippen LogP contribution in [0.2, 0.25) is 0 Å². The molecule has 0 amide bonds. The summed E-state index contributed by atoms with van der Waals surface area (Å²) in [6.07, 6.45) is 2.36. The van der Waals surface area contributed by atoms with Crippen LogP contribution in [0.25, 0.3) is 0 Å². The van der Waals surface area contributed by atoms with Crippen molar-refractivity contribution in [2.45, 2.75) is 19.8 Å². The van der Waals surface area contributed by atoms with E-state index in [2.05, 4.69) is 6.92 Å². The Morgan fingerprint density at radius 1 is 1.56 bits per heavy atom. The molecule has 3 heteroatoms. The molecular weight excluding hydrogens is 134 g/mol. The SMILES string of the molecule is CCN1CCCCS1=O. The molecule has 54 valence electrons. The minimum atomic E-state index is -0.645. The van der Waals surface area contributed by atoms with E-state index < -0.39 is 11.0 Å². The lowest BCUT2D eigenvalue weighted by Crippen LogP contribution is -2.32. The predicted octanol–water partition coefficient (Wildman–Crippen LogP) is 0.766. The molecule has 1 rings (SSSR count). The highest BCUT2D eigenvalue weighted by molar-refractivity contribution is 7.82. The molecule has 0 aromatic heterocycles. The van der Waals surface area contributed by atoms with Gasteiger partial charge in [-0.1, -0.05) is 6.92 Å². The van der Waals surface area contributed by atoms with Gasteiger partial charge in [-0.05, 0) is 12.8 Å². The molecule has 1 aliphatic rings. The first-order valence-electron chi connectivity index (χ1n) is 3.48. The van der Waals surface area contributed by atoms with E-state index in [1.54, 1.807) is 0 Å². The average molecular weight is 147 g/mol. The molecule has 2 nitrogen and oxygen atoms in total. The summed E-state index contributed by atoms with van der Waals surface area (Å²) < 4.78 is 13.1. The molecule has 1 aliphatic heterocycles. The molecule has 0 aliphatic carbocycles. The second-order valence-electron chi connectivity index (χ2n) is 2.25. The highest BCUT2D eigenvalue weighted by Gasteiger charge is 2.14. The first kappa shape index (κ1) is 7.22. The van der Waals surface area contributed by atoms with Gasteiger partial charge in [-0.2, -0.15) is 0 Å². The van der Waals surface area contributed by atoms with Crippen LogP contribution < -0.4 is 0 Å². The molecule has 0 radical (unpaired) electrons. The largest absolute Gasteiger partial charge is 0.243 e. The van der Waals surface area contributed by atoms with Crippen molar-refractivity contribution in [3.63, 3.8) is 0 Å². The zero-order chi connectivity index (χ0) is 6.69. The highest BCUT2D eigenvalue weighted by Crippen LogP contribution is 2.07. The van der Waals surface area contributed by atoms with Gasteiger partial charge < -0.3 is 0 Å². The van der Waals surface area contributed by atoms with Gasteiger partial charge in [-0.3, -0.25) is 0 Å². The molecule has 0 aromatic carbocycles. The van der Waals surface area contributed by atoms with Gasteiger partial charge in [-0.15, -0.1) is 0 Å². The summed E-state index contributed by atoms with van der Waals surface area (Å²) in [6.45, 7) is 4.03. The first-order valence-corrected chi connectivity index (χ1v) is 4.75. The molecule has 9 heavy (non-hydrogen) atoms. The minimum absolute atomic E-state index is 0.645. The first-order chi connectivity index (χ1) is 4.34. The van der Waals surface area contributed by atoms with Gasteiger partial charge in [0.05, 0.1) is 11.0 Å². The summed E-state index contributed by atoms with van der Waals surface area (Å²) in [5, 5.41) is 0. The van der Waals surface area contributed by atoms with E-state index in [0.29, 0.717) is 0 Å². The van der Waals surface area contributed by atoms with Gasteiger partial charge in [0.15, 0.2) is 0 Å². The van der Waals surface area contributed by atoms with Gasteiger partial charge in [-0.25, -0.2) is 8.51 Å². The van der Waals surface area contributed by atoms with E-state index in [1.807, 2.05) is 4.31 Å². The molecule has 1 atom stereocenters. The zero-order valence-corrected chi connectivity index (χ0v) is 6.62. The van der Waals surface area contributed by atoms with E-state index in [1.165, 1.54) is 6.42 Å². The summed E-state index contributed by atoms with van der Waals surface area (Å²) in [7, 11) is -0.645. The molecule has 1 heterocycles. The van der Waals surface area contributed by atoms with Crippen molar-refractivity contribution in [1.82, 2.24) is 4.31 Å². The van der Waals surface area contributed by atoms with Gasteiger partial charge in [0.1, 0.15) is 0 Å². The Bertz CT molecular complexity index is 116. The Morgan fingerprint density at radius 3 is 2.78 bits per heavy atom. The summed E-state index contributed by atoms with van der Waals surface area (Å²) in [6, 6.07) is 0. The standard InChI is InChI=1S/C6H13NOS/c1-2-7-5-3-4-6-9(7)8/h2-6H2,1H3. The fourth-order valence-corrected chi connectivity index (χ4v) is 2.38. The van der Waals surface area contributed by atoms with Crippen LogP contribution in [0.1, 0.15) is 19.8 Å². The zero-order valence-electron chi connectivity index (χ0n) is 5.80. The lowest BCUT2D eigenvalue weighted by atomic mass is 10.3. The maximum Gasteiger partial charge on any atom is 0.0942 e. The molecule has 0 N–H and O–H groups in total. The van der Waals surface area contributed by atoms with E-state index >= 15 is 0 Å². The quantitative estimate of drug-likeness (QED) is 0.536. The minimum Gasteiger partial charge on any atom is -0.243 e. The van der Waals surface area contributed by atoms with Crippen molar-refractivity contribution in [3.05, 3.63) is 0 Å². The summed E-state index contributed by atoms with van der Waals surface area (Å²) in [5.41, 5.74) is 0. The molecule has 1 fully saturated rings. The predicted molar refractivity (Wildman–Crippen MR) is 39.5 cm³/mol.